The van der Waals surface area contributed by atoms with E-state index < -0.39 is 99.1 Å². The second kappa shape index (κ2) is 24.5. The number of aliphatic carboxylic acids is 1. The highest BCUT2D eigenvalue weighted by Gasteiger charge is 2.33. The molecule has 4 aromatic carbocycles. The second-order valence-electron chi connectivity index (χ2n) is 16.0. The van der Waals surface area contributed by atoms with E-state index in [1.54, 1.807) is 61.0 Å². The molecule has 0 saturated heterocycles. The molecular formula is C47H52N8O13S2. The maximum Gasteiger partial charge on any atom is 0.405 e. The number of H-pyrrole nitrogens is 1. The third kappa shape index (κ3) is 15.1. The maximum atomic E-state index is 14.4. The van der Waals surface area contributed by atoms with Gasteiger partial charge in [0, 0.05) is 47.6 Å². The predicted molar refractivity (Wildman–Crippen MR) is 258 cm³/mol. The molecule has 5 aromatic rings. The first-order valence-electron chi connectivity index (χ1n) is 21.5. The summed E-state index contributed by atoms with van der Waals surface area (Å²) in [5, 5.41) is 35.0. The molecule has 23 heteroatoms. The Morgan fingerprint density at radius 2 is 1.24 bits per heavy atom. The van der Waals surface area contributed by atoms with Crippen molar-refractivity contribution in [3.63, 3.8) is 0 Å². The molecule has 5 atom stereocenters. The van der Waals surface area contributed by atoms with Crippen LogP contribution in [0, 0.1) is 6.92 Å². The molecule has 0 bridgehead atoms. The van der Waals surface area contributed by atoms with Crippen LogP contribution in [0.25, 0.3) is 10.9 Å². The third-order valence-corrected chi connectivity index (χ3v) is 12.5. The molecule has 0 fully saturated rings. The zero-order chi connectivity index (χ0) is 51.1. The van der Waals surface area contributed by atoms with E-state index in [-0.39, 0.29) is 42.5 Å². The molecule has 7 amide bonds. The number of aromatic amines is 1. The molecule has 0 aliphatic carbocycles. The zero-order valence-corrected chi connectivity index (χ0v) is 39.4. The van der Waals surface area contributed by atoms with Crippen LogP contribution >= 0.6 is 11.8 Å². The number of primary amides is 1. The summed E-state index contributed by atoms with van der Waals surface area (Å²) < 4.78 is 32.3. The lowest BCUT2D eigenvalue weighted by atomic mass is 10.0. The van der Waals surface area contributed by atoms with Gasteiger partial charge in [-0.2, -0.15) is 20.2 Å². The van der Waals surface area contributed by atoms with Gasteiger partial charge in [0.2, 0.25) is 29.5 Å². The van der Waals surface area contributed by atoms with Gasteiger partial charge in [-0.05, 0) is 77.9 Å². The molecular weight excluding hydrogens is 949 g/mol. The summed E-state index contributed by atoms with van der Waals surface area (Å²) in [5.41, 5.74) is 8.23. The summed E-state index contributed by atoms with van der Waals surface area (Å²) in [7, 11) is -4.51. The fraction of sp³-hybridized carbons (Fsp3) is 0.277. The summed E-state index contributed by atoms with van der Waals surface area (Å²) in [5.74, 6) is -6.42. The van der Waals surface area contributed by atoms with Gasteiger partial charge in [0.1, 0.15) is 30.2 Å². The average Bonchev–Trinajstić information content (AvgIpc) is 3.72. The van der Waals surface area contributed by atoms with Gasteiger partial charge < -0.3 is 52.8 Å². The van der Waals surface area contributed by atoms with Crippen LogP contribution < -0.4 is 37.6 Å². The molecule has 21 nitrogen and oxygen atoms in total. The van der Waals surface area contributed by atoms with Crippen LogP contribution in [0.5, 0.6) is 0 Å². The summed E-state index contributed by atoms with van der Waals surface area (Å²) in [6.45, 7) is 1.51. The van der Waals surface area contributed by atoms with Crippen LogP contribution in [0.1, 0.15) is 45.5 Å². The average molecular weight is 1000 g/mol. The quantitative estimate of drug-likeness (QED) is 0.0396. The molecule has 1 heterocycles. The second-order valence-corrected chi connectivity index (χ2v) is 18.4. The lowest BCUT2D eigenvalue weighted by Gasteiger charge is -2.26. The molecule has 370 valence electrons. The largest absolute Gasteiger partial charge is 0.481 e. The number of thioether (sulfide) groups is 1. The van der Waals surface area contributed by atoms with E-state index in [9.17, 15) is 61.5 Å². The van der Waals surface area contributed by atoms with Gasteiger partial charge in [-0.25, -0.2) is 4.79 Å². The number of aromatic nitrogens is 1. The number of rotatable bonds is 24. The number of hydrogen-bond donors (Lipinski definition) is 11. The van der Waals surface area contributed by atoms with E-state index in [1.807, 2.05) is 6.07 Å². The van der Waals surface area contributed by atoms with E-state index in [1.165, 1.54) is 49.0 Å². The van der Waals surface area contributed by atoms with Crippen LogP contribution in [-0.4, -0.2) is 118 Å². The minimum atomic E-state index is -4.51. The van der Waals surface area contributed by atoms with E-state index in [4.69, 9.17) is 5.73 Å². The fourth-order valence-electron chi connectivity index (χ4n) is 7.37. The highest BCUT2D eigenvalue weighted by Crippen LogP contribution is 2.23. The molecule has 5 rings (SSSR count). The Hall–Kier alpha value is -7.76. The molecule has 0 unspecified atom stereocenters. The van der Waals surface area contributed by atoms with Crippen LogP contribution in [0.3, 0.4) is 0 Å². The predicted octanol–water partition coefficient (Wildman–Crippen LogP) is 2.29. The van der Waals surface area contributed by atoms with Crippen molar-refractivity contribution in [3.8, 4) is 0 Å². The molecule has 0 saturated carbocycles. The van der Waals surface area contributed by atoms with Crippen LogP contribution in [0.2, 0.25) is 0 Å². The van der Waals surface area contributed by atoms with E-state index in [0.29, 0.717) is 22.4 Å². The van der Waals surface area contributed by atoms with Crippen molar-refractivity contribution in [1.82, 2.24) is 31.6 Å². The minimum Gasteiger partial charge on any atom is -0.481 e. The molecule has 0 aliphatic heterocycles. The number of carbonyl (C=O) groups is 8. The van der Waals surface area contributed by atoms with Gasteiger partial charge in [0.25, 0.3) is 16.0 Å². The first-order chi connectivity index (χ1) is 33.2. The number of carbonyl (C=O) groups excluding carboxylic acids is 6. The molecule has 12 N–H and O–H groups in total. The van der Waals surface area contributed by atoms with Gasteiger partial charge in [-0.15, -0.1) is 0 Å². The number of fused-ring (bicyclic) bond motifs is 1. The number of carboxylic acids is 1. The Kier molecular flexibility index (Phi) is 18.6. The molecule has 1 aromatic heterocycles. The van der Waals surface area contributed by atoms with Gasteiger partial charge in [0.05, 0.1) is 11.3 Å². The van der Waals surface area contributed by atoms with Gasteiger partial charge in [0.15, 0.2) is 0 Å². The number of nitrogens with two attached hydrogens (primary N) is 1. The normalized spacial score (nSPS) is 13.4. The first kappa shape index (κ1) is 53.2. The van der Waals surface area contributed by atoms with E-state index in [2.05, 4.69) is 36.9 Å². The zero-order valence-electron chi connectivity index (χ0n) is 37.8. The van der Waals surface area contributed by atoms with Crippen LogP contribution in [0.4, 0.5) is 10.5 Å². The van der Waals surface area contributed by atoms with Crippen molar-refractivity contribution in [2.24, 2.45) is 5.73 Å². The van der Waals surface area contributed by atoms with Crippen molar-refractivity contribution in [2.75, 3.05) is 17.3 Å². The van der Waals surface area contributed by atoms with Crippen molar-refractivity contribution in [1.29, 1.82) is 0 Å². The number of carboxylic acid groups (broad SMARTS) is 2. The number of hydrogen-bond acceptors (Lipinski definition) is 11. The van der Waals surface area contributed by atoms with Gasteiger partial charge in [-0.1, -0.05) is 66.7 Å². The first-order valence-corrected chi connectivity index (χ1v) is 24.3. The smallest absolute Gasteiger partial charge is 0.405 e. The van der Waals surface area contributed by atoms with Gasteiger partial charge >= 0.3 is 12.1 Å². The lowest BCUT2D eigenvalue weighted by molar-refractivity contribution is -0.141. The number of para-hydroxylation sites is 1. The highest BCUT2D eigenvalue weighted by molar-refractivity contribution is 7.98. The Bertz CT molecular complexity index is 2840. The Morgan fingerprint density at radius 3 is 1.89 bits per heavy atom. The van der Waals surface area contributed by atoms with Crippen LogP contribution in [-0.2, 0) is 58.1 Å². The molecule has 0 radical (unpaired) electrons. The van der Waals surface area contributed by atoms with Crippen molar-refractivity contribution < 1.29 is 61.5 Å². The Labute approximate surface area is 405 Å². The Balaban J connectivity index is 1.38. The van der Waals surface area contributed by atoms with Gasteiger partial charge in [-0.3, -0.25) is 38.1 Å². The molecule has 0 spiro atoms. The van der Waals surface area contributed by atoms with E-state index in [0.717, 1.165) is 23.0 Å². The molecule has 0 aliphatic rings. The summed E-state index contributed by atoms with van der Waals surface area (Å²) in [6.07, 6.45) is 0.626. The van der Waals surface area contributed by atoms with Crippen molar-refractivity contribution in [2.45, 2.75) is 74.1 Å². The number of benzene rings is 4. The summed E-state index contributed by atoms with van der Waals surface area (Å²) in [4.78, 5) is 108. The SMILES string of the molecule is CSCC[C@H](NC(=O)[C@H](Cc1c[nH]c2ccccc12)NC(=O)c1cccc(NC(=O)[C@H](Cc2ccc(S(=O)(=O)O)cc2)NC(=O)O)c1C)C(=O)N[C@@H](CC(=O)O)C(=O)N[C@@H](Cc1ccccc1)C(N)=O. The van der Waals surface area contributed by atoms with Crippen molar-refractivity contribution >= 4 is 86.0 Å². The number of nitrogens with one attached hydrogen (secondary N) is 7. The van der Waals surface area contributed by atoms with Crippen LogP contribution in [0.15, 0.2) is 108 Å². The number of anilines is 1. The number of amides is 7. The Morgan fingerprint density at radius 1 is 0.657 bits per heavy atom. The lowest BCUT2D eigenvalue weighted by Crippen LogP contribution is -2.59. The fourth-order valence-corrected chi connectivity index (χ4v) is 8.32. The van der Waals surface area contributed by atoms with E-state index >= 15 is 0 Å². The van der Waals surface area contributed by atoms with Crippen molar-refractivity contribution in [3.05, 3.63) is 131 Å². The monoisotopic (exact) mass is 1000 g/mol. The summed E-state index contributed by atoms with van der Waals surface area (Å²) >= 11 is 1.34. The third-order valence-electron chi connectivity index (χ3n) is 11.0. The molecule has 70 heavy (non-hydrogen) atoms. The standard InChI is InChI=1S/C47H52N8O13S2/c1-26-31(12-8-14-33(26)50-44(61)37(55-47(64)65)22-28-15-17-30(18-16-28)70(66,67)68)42(59)53-38(23-29-25-49-34-13-7-6-11-32(29)34)45(62)51-35(19-20-69-2)43(60)54-39(24-40(56)57)46(63)52-36(41(48)58)21-27-9-4-3-5-10-27/h3-18,25,35-39,49,55H,19-24H2,1-2H3,(H2,48,58)(H,50,61)(H,51,62)(H,52,63)(H,53,59)(H,54,60)(H,56,57)(H,64,65)(H,66,67,68)/t35-,36-,37-,38-,39-/m0/s1. The maximum absolute atomic E-state index is 14.4. The minimum absolute atomic E-state index is 0.000277. The topological polar surface area (TPSA) is 345 Å². The summed E-state index contributed by atoms with van der Waals surface area (Å²) in [6, 6.07) is 17.8. The highest BCUT2D eigenvalue weighted by atomic mass is 32.2.